The van der Waals surface area contributed by atoms with Crippen LogP contribution in [0.5, 0.6) is 0 Å². The van der Waals surface area contributed by atoms with Crippen molar-refractivity contribution < 1.29 is 9.53 Å². The minimum Gasteiger partial charge on any atom is -0.378 e. The summed E-state index contributed by atoms with van der Waals surface area (Å²) >= 11 is 0. The Bertz CT molecular complexity index is 343. The van der Waals surface area contributed by atoms with Gasteiger partial charge in [0.05, 0.1) is 12.0 Å². The van der Waals surface area contributed by atoms with E-state index in [2.05, 4.69) is 13.8 Å². The molecule has 0 bridgehead atoms. The Morgan fingerprint density at radius 3 is 2.58 bits per heavy atom. The van der Waals surface area contributed by atoms with Crippen molar-refractivity contribution in [1.82, 2.24) is 4.90 Å². The summed E-state index contributed by atoms with van der Waals surface area (Å²) in [5.74, 6) is 0.268. The summed E-state index contributed by atoms with van der Waals surface area (Å²) in [4.78, 5) is 14.5. The van der Waals surface area contributed by atoms with Crippen molar-refractivity contribution in [2.75, 3.05) is 13.7 Å². The molecule has 2 saturated carbocycles. The van der Waals surface area contributed by atoms with Crippen LogP contribution < -0.4 is 5.73 Å². The Balaban J connectivity index is 1.97. The first kappa shape index (κ1) is 14.8. The Morgan fingerprint density at radius 1 is 1.42 bits per heavy atom. The molecule has 2 rings (SSSR count). The largest absolute Gasteiger partial charge is 0.378 e. The van der Waals surface area contributed by atoms with Crippen molar-refractivity contribution in [1.29, 1.82) is 0 Å². The number of nitrogens with two attached hydrogens (primary N) is 1. The van der Waals surface area contributed by atoms with Gasteiger partial charge in [0.2, 0.25) is 5.91 Å². The zero-order valence-electron chi connectivity index (χ0n) is 12.7. The number of carbonyl (C=O) groups excluding carboxylic acids is 1. The fourth-order valence-electron chi connectivity index (χ4n) is 3.72. The zero-order chi connectivity index (χ0) is 14.2. The molecular weight excluding hydrogens is 240 g/mol. The van der Waals surface area contributed by atoms with E-state index in [-0.39, 0.29) is 35.4 Å². The van der Waals surface area contributed by atoms with E-state index in [9.17, 15) is 4.79 Å². The molecular formula is C15H28N2O2. The van der Waals surface area contributed by atoms with Crippen LogP contribution in [0.3, 0.4) is 0 Å². The van der Waals surface area contributed by atoms with E-state index in [0.717, 1.165) is 32.3 Å². The standard InChI is InChI=1S/C15H28N2O2/c1-5-19-13-9-12(15(13,2)3)17(4)14(18)10-7-6-8-11(10)16/h10-13H,5-9,16H2,1-4H3/t10-,11+,12+,13-/m1/s1. The van der Waals surface area contributed by atoms with Crippen LogP contribution in [-0.2, 0) is 9.53 Å². The lowest BCUT2D eigenvalue weighted by Crippen LogP contribution is -2.63. The molecule has 1 amide bonds. The molecule has 0 aliphatic heterocycles. The van der Waals surface area contributed by atoms with Crippen molar-refractivity contribution in [3.8, 4) is 0 Å². The first-order chi connectivity index (χ1) is 8.89. The van der Waals surface area contributed by atoms with Crippen LogP contribution in [0.1, 0.15) is 46.5 Å². The molecule has 0 aromatic heterocycles. The molecule has 0 saturated heterocycles. The Kier molecular flexibility index (Phi) is 4.21. The molecule has 2 fully saturated rings. The lowest BCUT2D eigenvalue weighted by atomic mass is 9.63. The summed E-state index contributed by atoms with van der Waals surface area (Å²) in [6.45, 7) is 7.15. The third-order valence-electron chi connectivity index (χ3n) is 5.20. The number of ether oxygens (including phenoxy) is 1. The quantitative estimate of drug-likeness (QED) is 0.845. The average molecular weight is 268 g/mol. The third-order valence-corrected chi connectivity index (χ3v) is 5.20. The Labute approximate surface area is 116 Å². The summed E-state index contributed by atoms with van der Waals surface area (Å²) in [6, 6.07) is 0.338. The number of hydrogen-bond acceptors (Lipinski definition) is 3. The molecule has 0 radical (unpaired) electrons. The van der Waals surface area contributed by atoms with Gasteiger partial charge in [-0.25, -0.2) is 0 Å². The summed E-state index contributed by atoms with van der Waals surface area (Å²) in [6.07, 6.45) is 4.24. The molecule has 4 nitrogen and oxygen atoms in total. The van der Waals surface area contributed by atoms with E-state index in [0.29, 0.717) is 0 Å². The van der Waals surface area contributed by atoms with Gasteiger partial charge in [-0.1, -0.05) is 20.3 Å². The molecule has 2 aliphatic carbocycles. The second-order valence-corrected chi connectivity index (χ2v) is 6.67. The van der Waals surface area contributed by atoms with Crippen LogP contribution >= 0.6 is 0 Å². The van der Waals surface area contributed by atoms with Gasteiger partial charge in [-0.05, 0) is 26.2 Å². The molecule has 2 N–H and O–H groups in total. The maximum atomic E-state index is 12.5. The number of rotatable bonds is 4. The minimum atomic E-state index is 0.0342. The van der Waals surface area contributed by atoms with Gasteiger partial charge < -0.3 is 15.4 Å². The van der Waals surface area contributed by atoms with E-state index in [1.165, 1.54) is 0 Å². The lowest BCUT2D eigenvalue weighted by molar-refractivity contribution is -0.166. The van der Waals surface area contributed by atoms with Crippen LogP contribution in [0.15, 0.2) is 0 Å². The Hall–Kier alpha value is -0.610. The van der Waals surface area contributed by atoms with Crippen LogP contribution in [-0.4, -0.2) is 42.6 Å². The number of amides is 1. The predicted molar refractivity (Wildman–Crippen MR) is 75.7 cm³/mol. The van der Waals surface area contributed by atoms with Crippen molar-refractivity contribution >= 4 is 5.91 Å². The molecule has 0 unspecified atom stereocenters. The van der Waals surface area contributed by atoms with Gasteiger partial charge >= 0.3 is 0 Å². The van der Waals surface area contributed by atoms with Gasteiger partial charge in [-0.3, -0.25) is 4.79 Å². The van der Waals surface area contributed by atoms with Crippen molar-refractivity contribution in [3.05, 3.63) is 0 Å². The van der Waals surface area contributed by atoms with E-state index < -0.39 is 0 Å². The molecule has 0 aromatic carbocycles. The summed E-state index contributed by atoms with van der Waals surface area (Å²) in [5.41, 5.74) is 6.09. The van der Waals surface area contributed by atoms with Crippen molar-refractivity contribution in [3.63, 3.8) is 0 Å². The SMILES string of the molecule is CCO[C@@H]1C[C@H](N(C)C(=O)[C@@H]2CCC[C@@H]2N)C1(C)C. The van der Waals surface area contributed by atoms with Gasteiger partial charge in [0.1, 0.15) is 0 Å². The molecule has 0 spiro atoms. The maximum Gasteiger partial charge on any atom is 0.227 e. The second-order valence-electron chi connectivity index (χ2n) is 6.67. The molecule has 0 aromatic rings. The van der Waals surface area contributed by atoms with Gasteiger partial charge in [-0.2, -0.15) is 0 Å². The molecule has 2 aliphatic rings. The van der Waals surface area contributed by atoms with Gasteiger partial charge in [0.25, 0.3) is 0 Å². The third kappa shape index (κ3) is 2.52. The van der Waals surface area contributed by atoms with E-state index >= 15 is 0 Å². The lowest BCUT2D eigenvalue weighted by Gasteiger charge is -2.55. The normalized spacial score (nSPS) is 36.9. The van der Waals surface area contributed by atoms with Crippen LogP contribution in [0.2, 0.25) is 0 Å². The highest BCUT2D eigenvalue weighted by atomic mass is 16.5. The molecule has 0 heterocycles. The van der Waals surface area contributed by atoms with E-state index in [1.54, 1.807) is 0 Å². The van der Waals surface area contributed by atoms with Gasteiger partial charge in [0, 0.05) is 31.2 Å². The van der Waals surface area contributed by atoms with Gasteiger partial charge in [-0.15, -0.1) is 0 Å². The monoisotopic (exact) mass is 268 g/mol. The highest BCUT2D eigenvalue weighted by molar-refractivity contribution is 5.80. The minimum absolute atomic E-state index is 0.0342. The summed E-state index contributed by atoms with van der Waals surface area (Å²) in [5, 5.41) is 0. The number of nitrogens with zero attached hydrogens (tertiary/aromatic N) is 1. The highest BCUT2D eigenvalue weighted by Gasteiger charge is 2.52. The smallest absolute Gasteiger partial charge is 0.227 e. The van der Waals surface area contributed by atoms with E-state index in [1.807, 2.05) is 18.9 Å². The number of carbonyl (C=O) groups is 1. The van der Waals surface area contributed by atoms with Crippen molar-refractivity contribution in [2.24, 2.45) is 17.1 Å². The fourth-order valence-corrected chi connectivity index (χ4v) is 3.72. The second kappa shape index (κ2) is 5.41. The number of hydrogen-bond donors (Lipinski definition) is 1. The topological polar surface area (TPSA) is 55.6 Å². The van der Waals surface area contributed by atoms with Crippen LogP contribution in [0, 0.1) is 11.3 Å². The molecule has 19 heavy (non-hydrogen) atoms. The fraction of sp³-hybridized carbons (Fsp3) is 0.933. The Morgan fingerprint density at radius 2 is 2.11 bits per heavy atom. The highest BCUT2D eigenvalue weighted by Crippen LogP contribution is 2.46. The summed E-state index contributed by atoms with van der Waals surface area (Å²) in [7, 11) is 1.93. The molecule has 4 atom stereocenters. The van der Waals surface area contributed by atoms with Gasteiger partial charge in [0.15, 0.2) is 0 Å². The first-order valence-electron chi connectivity index (χ1n) is 7.53. The predicted octanol–water partition coefficient (Wildman–Crippen LogP) is 1.78. The first-order valence-corrected chi connectivity index (χ1v) is 7.53. The molecule has 110 valence electrons. The average Bonchev–Trinajstić information content (AvgIpc) is 2.78. The van der Waals surface area contributed by atoms with Crippen LogP contribution in [0.25, 0.3) is 0 Å². The van der Waals surface area contributed by atoms with E-state index in [4.69, 9.17) is 10.5 Å². The van der Waals surface area contributed by atoms with Crippen LogP contribution in [0.4, 0.5) is 0 Å². The summed E-state index contributed by atoms with van der Waals surface area (Å²) < 4.78 is 5.74. The molecule has 4 heteroatoms. The zero-order valence-corrected chi connectivity index (χ0v) is 12.7. The van der Waals surface area contributed by atoms with Crippen molar-refractivity contribution in [2.45, 2.75) is 64.6 Å². The maximum absolute atomic E-state index is 12.5.